The molecule has 0 aromatic carbocycles. The van der Waals surface area contributed by atoms with E-state index in [0.29, 0.717) is 36.5 Å². The lowest BCUT2D eigenvalue weighted by molar-refractivity contribution is -0.140. The summed E-state index contributed by atoms with van der Waals surface area (Å²) >= 11 is 0. The Labute approximate surface area is 274 Å². The maximum atomic E-state index is 11.4. The third kappa shape index (κ3) is 8.80. The fourth-order valence-electron chi connectivity index (χ4n) is 8.70. The van der Waals surface area contributed by atoms with Gasteiger partial charge in [0.15, 0.2) is 0 Å². The molecule has 45 heavy (non-hydrogen) atoms. The van der Waals surface area contributed by atoms with Crippen molar-refractivity contribution < 1.29 is 9.90 Å². The number of carboxylic acids is 1. The van der Waals surface area contributed by atoms with Crippen LogP contribution in [-0.4, -0.2) is 76.1 Å². The minimum atomic E-state index is -0.988. The van der Waals surface area contributed by atoms with Gasteiger partial charge in [-0.15, -0.1) is 0 Å². The molecule has 0 radical (unpaired) electrons. The molecule has 0 bridgehead atoms. The van der Waals surface area contributed by atoms with Crippen molar-refractivity contribution in [2.24, 2.45) is 17.8 Å². The van der Waals surface area contributed by atoms with Crippen molar-refractivity contribution in [2.45, 2.75) is 129 Å². The summed E-state index contributed by atoms with van der Waals surface area (Å²) in [6, 6.07) is 3.87. The van der Waals surface area contributed by atoms with Crippen LogP contribution in [0.4, 0.5) is 0 Å². The topological polar surface area (TPSA) is 70.8 Å². The monoisotopic (exact) mass is 616 g/mol. The van der Waals surface area contributed by atoms with E-state index in [2.05, 4.69) is 86.3 Å². The number of nitriles is 1. The van der Waals surface area contributed by atoms with Crippen LogP contribution in [0.25, 0.3) is 0 Å². The van der Waals surface area contributed by atoms with E-state index in [-0.39, 0.29) is 5.92 Å². The maximum absolute atomic E-state index is 11.4. The summed E-state index contributed by atoms with van der Waals surface area (Å²) in [4.78, 5) is 19.5. The van der Waals surface area contributed by atoms with Crippen molar-refractivity contribution in [1.82, 2.24) is 14.7 Å². The van der Waals surface area contributed by atoms with Crippen LogP contribution in [0.2, 0.25) is 0 Å². The number of carbonyl (C=O) groups is 1. The van der Waals surface area contributed by atoms with Gasteiger partial charge in [-0.25, -0.2) is 0 Å². The molecule has 4 aliphatic rings. The van der Waals surface area contributed by atoms with Crippen LogP contribution in [0.15, 0.2) is 59.4 Å². The van der Waals surface area contributed by atoms with Gasteiger partial charge in [0.1, 0.15) is 5.92 Å². The molecule has 1 aliphatic carbocycles. The number of likely N-dealkylation sites (tertiary alicyclic amines) is 2. The van der Waals surface area contributed by atoms with Crippen molar-refractivity contribution in [1.29, 1.82) is 5.26 Å². The Morgan fingerprint density at radius 3 is 2.60 bits per heavy atom. The molecule has 0 aromatic rings. The Morgan fingerprint density at radius 2 is 1.89 bits per heavy atom. The van der Waals surface area contributed by atoms with Crippen LogP contribution < -0.4 is 0 Å². The summed E-state index contributed by atoms with van der Waals surface area (Å²) in [6.45, 7) is 20.5. The number of allylic oxidation sites excluding steroid dienone is 5. The van der Waals surface area contributed by atoms with Crippen LogP contribution in [0, 0.1) is 29.1 Å². The van der Waals surface area contributed by atoms with E-state index in [1.807, 2.05) is 6.07 Å². The maximum Gasteiger partial charge on any atom is 0.320 e. The predicted molar refractivity (Wildman–Crippen MR) is 186 cm³/mol. The first-order chi connectivity index (χ1) is 21.7. The van der Waals surface area contributed by atoms with Gasteiger partial charge in [-0.2, -0.15) is 5.26 Å². The lowest BCUT2D eigenvalue weighted by Crippen LogP contribution is -2.45. The summed E-state index contributed by atoms with van der Waals surface area (Å²) < 4.78 is 0. The Hall–Kier alpha value is -2.62. The van der Waals surface area contributed by atoms with Gasteiger partial charge in [0, 0.05) is 36.4 Å². The van der Waals surface area contributed by atoms with Crippen molar-refractivity contribution in [3.05, 3.63) is 59.4 Å². The zero-order chi connectivity index (χ0) is 32.5. The standard InChI is InChI=1S/C39H60N4O2/c1-7-9-13-29(4)42-21-12-15-34(31(42)6)24-30(5)43-22-11-14-33(8-2)38(43)28(3)19-23-41-20-10-16-35-25-32(17-18-37(35)41)26-36(27-40)39(44)45/h7-9,24-25,28-32,36-37H,2,10-23,26H2,1,3-6H3,(H,44,45)/b9-7-,34-24-. The van der Waals surface area contributed by atoms with Crippen LogP contribution in [0.1, 0.15) is 105 Å². The van der Waals surface area contributed by atoms with Gasteiger partial charge in [0.25, 0.3) is 0 Å². The van der Waals surface area contributed by atoms with Crippen molar-refractivity contribution in [2.75, 3.05) is 26.2 Å². The van der Waals surface area contributed by atoms with E-state index >= 15 is 0 Å². The van der Waals surface area contributed by atoms with Gasteiger partial charge in [-0.05, 0) is 135 Å². The summed E-state index contributed by atoms with van der Waals surface area (Å²) in [5, 5.41) is 18.7. The van der Waals surface area contributed by atoms with Gasteiger partial charge in [-0.3, -0.25) is 14.6 Å². The molecule has 2 fully saturated rings. The lowest BCUT2D eigenvalue weighted by Gasteiger charge is -2.44. The Morgan fingerprint density at radius 1 is 1.13 bits per heavy atom. The van der Waals surface area contributed by atoms with Crippen molar-refractivity contribution >= 4 is 5.97 Å². The summed E-state index contributed by atoms with van der Waals surface area (Å²) in [5.74, 6) is -1.23. The van der Waals surface area contributed by atoms with E-state index in [1.54, 1.807) is 5.57 Å². The van der Waals surface area contributed by atoms with Gasteiger partial charge in [0.2, 0.25) is 0 Å². The number of carboxylic acid groups (broad SMARTS) is 1. The molecule has 6 nitrogen and oxygen atoms in total. The highest BCUT2D eigenvalue weighted by atomic mass is 16.4. The molecule has 6 heteroatoms. The molecule has 7 atom stereocenters. The molecular formula is C39H60N4O2. The number of nitrogens with zero attached hydrogens (tertiary/aromatic N) is 4. The molecule has 3 aliphatic heterocycles. The highest BCUT2D eigenvalue weighted by Crippen LogP contribution is 2.38. The zero-order valence-electron chi connectivity index (χ0n) is 28.9. The van der Waals surface area contributed by atoms with Crippen LogP contribution >= 0.6 is 0 Å². The van der Waals surface area contributed by atoms with Crippen LogP contribution in [0.5, 0.6) is 0 Å². The molecule has 2 saturated heterocycles. The van der Waals surface area contributed by atoms with E-state index in [0.717, 1.165) is 64.6 Å². The lowest BCUT2D eigenvalue weighted by atomic mass is 9.78. The minimum Gasteiger partial charge on any atom is -0.480 e. The molecule has 248 valence electrons. The number of hydrogen-bond acceptors (Lipinski definition) is 5. The van der Waals surface area contributed by atoms with Gasteiger partial charge in [0.05, 0.1) is 6.07 Å². The molecule has 4 rings (SSSR count). The summed E-state index contributed by atoms with van der Waals surface area (Å²) in [5.41, 5.74) is 6.03. The first kappa shape index (κ1) is 35.2. The number of rotatable bonds is 13. The molecule has 7 unspecified atom stereocenters. The highest BCUT2D eigenvalue weighted by Gasteiger charge is 2.34. The van der Waals surface area contributed by atoms with E-state index in [4.69, 9.17) is 0 Å². The normalized spacial score (nSPS) is 28.7. The fraction of sp³-hybridized carbons (Fsp3) is 0.692. The Balaban J connectivity index is 1.43. The van der Waals surface area contributed by atoms with Crippen molar-refractivity contribution in [3.63, 3.8) is 0 Å². The molecule has 0 spiro atoms. The number of fused-ring (bicyclic) bond motifs is 1. The third-order valence-corrected chi connectivity index (χ3v) is 11.2. The highest BCUT2D eigenvalue weighted by molar-refractivity contribution is 5.72. The van der Waals surface area contributed by atoms with E-state index in [1.165, 1.54) is 42.7 Å². The summed E-state index contributed by atoms with van der Waals surface area (Å²) in [7, 11) is 0. The van der Waals surface area contributed by atoms with Crippen molar-refractivity contribution in [3.8, 4) is 6.07 Å². The average molecular weight is 617 g/mol. The first-order valence-corrected chi connectivity index (χ1v) is 17.9. The third-order valence-electron chi connectivity index (χ3n) is 11.2. The molecule has 1 N–H and O–H groups in total. The molecule has 0 amide bonds. The Bertz CT molecular complexity index is 1190. The predicted octanol–water partition coefficient (Wildman–Crippen LogP) is 8.12. The molecule has 0 saturated carbocycles. The molecular weight excluding hydrogens is 556 g/mol. The van der Waals surface area contributed by atoms with E-state index < -0.39 is 11.9 Å². The SMILES string of the molecule is C=CC1=C(C(C)CCN2CCCC3=CC(CC(C#N)C(=O)O)CCC32)N(C(C)/C=C2/CCCN(C(C)C/C=C\C)C2C)CCC1. The van der Waals surface area contributed by atoms with Crippen LogP contribution in [0.3, 0.4) is 0 Å². The largest absolute Gasteiger partial charge is 0.480 e. The van der Waals surface area contributed by atoms with Gasteiger partial charge >= 0.3 is 5.97 Å². The second-order valence-corrected chi connectivity index (χ2v) is 14.2. The minimum absolute atomic E-state index is 0.206. The first-order valence-electron chi connectivity index (χ1n) is 17.9. The quantitative estimate of drug-likeness (QED) is 0.211. The number of aliphatic carboxylic acids is 1. The smallest absolute Gasteiger partial charge is 0.320 e. The summed E-state index contributed by atoms with van der Waals surface area (Å²) in [6.07, 6.45) is 23.3. The van der Waals surface area contributed by atoms with Gasteiger partial charge < -0.3 is 10.0 Å². The average Bonchev–Trinajstić information content (AvgIpc) is 3.05. The number of piperidine rings is 2. The van der Waals surface area contributed by atoms with Crippen LogP contribution in [-0.2, 0) is 4.79 Å². The molecule has 0 aromatic heterocycles. The van der Waals surface area contributed by atoms with Gasteiger partial charge in [-0.1, -0.05) is 55.0 Å². The molecule has 3 heterocycles. The fourth-order valence-corrected chi connectivity index (χ4v) is 8.70. The second-order valence-electron chi connectivity index (χ2n) is 14.2. The Kier molecular flexibility index (Phi) is 13.2. The van der Waals surface area contributed by atoms with E-state index in [9.17, 15) is 15.2 Å². The number of hydrogen-bond donors (Lipinski definition) is 1. The zero-order valence-corrected chi connectivity index (χ0v) is 28.9. The second kappa shape index (κ2) is 16.8.